The highest BCUT2D eigenvalue weighted by Crippen LogP contribution is 2.21. The van der Waals surface area contributed by atoms with Gasteiger partial charge in [-0.05, 0) is 17.0 Å². The van der Waals surface area contributed by atoms with E-state index in [-0.39, 0.29) is 17.3 Å². The molecule has 0 unspecified atom stereocenters. The van der Waals surface area contributed by atoms with Crippen LogP contribution in [0.25, 0.3) is 11.5 Å². The molecule has 0 aliphatic rings. The lowest BCUT2D eigenvalue weighted by Crippen LogP contribution is -2.13. The van der Waals surface area contributed by atoms with Crippen molar-refractivity contribution in [3.63, 3.8) is 0 Å². The van der Waals surface area contributed by atoms with Gasteiger partial charge in [0.25, 0.3) is 5.89 Å². The molecule has 0 radical (unpaired) electrons. The van der Waals surface area contributed by atoms with Gasteiger partial charge in [0.1, 0.15) is 17.3 Å². The second kappa shape index (κ2) is 7.45. The summed E-state index contributed by atoms with van der Waals surface area (Å²) in [6.45, 7) is 0.566. The largest absolute Gasteiger partial charge is 0.334 e. The summed E-state index contributed by atoms with van der Waals surface area (Å²) in [6.07, 6.45) is 3.39. The molecule has 0 saturated carbocycles. The number of imidazole rings is 1. The quantitative estimate of drug-likeness (QED) is 0.473. The predicted octanol–water partition coefficient (Wildman–Crippen LogP) is 3.16. The monoisotopic (exact) mass is 400 g/mol. The van der Waals surface area contributed by atoms with Crippen molar-refractivity contribution in [1.29, 1.82) is 0 Å². The summed E-state index contributed by atoms with van der Waals surface area (Å²) < 4.78 is 32.2. The van der Waals surface area contributed by atoms with Crippen LogP contribution in [-0.2, 0) is 27.9 Å². The van der Waals surface area contributed by atoms with Crippen molar-refractivity contribution in [2.75, 3.05) is 0 Å². The van der Waals surface area contributed by atoms with E-state index < -0.39 is 9.84 Å². The zero-order valence-electron chi connectivity index (χ0n) is 14.2. The van der Waals surface area contributed by atoms with Gasteiger partial charge in [0, 0.05) is 24.3 Å². The first kappa shape index (κ1) is 17.6. The fourth-order valence-electron chi connectivity index (χ4n) is 2.66. The maximum absolute atomic E-state index is 12.6. The summed E-state index contributed by atoms with van der Waals surface area (Å²) in [5.74, 6) is 0.485. The molecule has 27 heavy (non-hydrogen) atoms. The van der Waals surface area contributed by atoms with Gasteiger partial charge >= 0.3 is 0 Å². The van der Waals surface area contributed by atoms with Crippen LogP contribution in [0, 0.1) is 0 Å². The van der Waals surface area contributed by atoms with Crippen LogP contribution < -0.4 is 0 Å². The molecule has 7 nitrogen and oxygen atoms in total. The lowest BCUT2D eigenvalue weighted by atomic mass is 10.2. The summed E-state index contributed by atoms with van der Waals surface area (Å²) >= 11 is 1.50. The summed E-state index contributed by atoms with van der Waals surface area (Å²) in [5, 5.41) is 7.55. The van der Waals surface area contributed by atoms with Crippen molar-refractivity contribution in [1.82, 2.24) is 19.7 Å². The van der Waals surface area contributed by atoms with Gasteiger partial charge in [0.15, 0.2) is 15.7 Å². The van der Waals surface area contributed by atoms with Crippen LogP contribution in [0.3, 0.4) is 0 Å². The molecule has 0 spiro atoms. The van der Waals surface area contributed by atoms with E-state index in [0.29, 0.717) is 18.3 Å². The highest BCUT2D eigenvalue weighted by atomic mass is 32.2. The normalized spacial score (nSPS) is 11.7. The third kappa shape index (κ3) is 4.32. The Kier molecular flexibility index (Phi) is 4.87. The zero-order chi connectivity index (χ0) is 18.7. The fourth-order valence-corrected chi connectivity index (χ4v) is 4.54. The Morgan fingerprint density at radius 1 is 1.11 bits per heavy atom. The lowest BCUT2D eigenvalue weighted by molar-refractivity contribution is 0.424. The molecule has 3 aromatic heterocycles. The SMILES string of the molecule is O=S(=O)(Cc1noc(-c2ccsc2)n1)Cc1nccn1Cc1ccccc1. The Morgan fingerprint density at radius 3 is 2.74 bits per heavy atom. The van der Waals surface area contributed by atoms with Gasteiger partial charge in [-0.15, -0.1) is 0 Å². The van der Waals surface area contributed by atoms with Crippen LogP contribution in [0.15, 0.2) is 64.1 Å². The van der Waals surface area contributed by atoms with Crippen molar-refractivity contribution in [3.8, 4) is 11.5 Å². The second-order valence-electron chi connectivity index (χ2n) is 6.02. The molecule has 3 heterocycles. The first-order chi connectivity index (χ1) is 13.1. The van der Waals surface area contributed by atoms with Crippen LogP contribution in [0.1, 0.15) is 17.2 Å². The number of benzene rings is 1. The van der Waals surface area contributed by atoms with Crippen molar-refractivity contribution in [2.24, 2.45) is 0 Å². The third-order valence-corrected chi connectivity index (χ3v) is 6.01. The molecule has 0 saturated heterocycles. The van der Waals surface area contributed by atoms with Crippen LogP contribution in [0.5, 0.6) is 0 Å². The summed E-state index contributed by atoms with van der Waals surface area (Å²) in [5.41, 5.74) is 1.86. The molecule has 1 aromatic carbocycles. The minimum Gasteiger partial charge on any atom is -0.334 e. The van der Waals surface area contributed by atoms with Gasteiger partial charge in [0.05, 0.1) is 5.56 Å². The highest BCUT2D eigenvalue weighted by molar-refractivity contribution is 7.89. The molecule has 0 aliphatic carbocycles. The molecule has 9 heteroatoms. The van der Waals surface area contributed by atoms with E-state index in [4.69, 9.17) is 4.52 Å². The zero-order valence-corrected chi connectivity index (χ0v) is 15.9. The topological polar surface area (TPSA) is 90.9 Å². The molecule has 0 amide bonds. The van der Waals surface area contributed by atoms with Gasteiger partial charge < -0.3 is 9.09 Å². The van der Waals surface area contributed by atoms with Gasteiger partial charge in [-0.25, -0.2) is 13.4 Å². The van der Waals surface area contributed by atoms with Crippen LogP contribution in [-0.4, -0.2) is 28.1 Å². The standard InChI is InChI=1S/C18H16N4O3S2/c23-27(24,12-16-20-18(25-21-16)15-6-9-26-11-15)13-17-19-7-8-22(17)10-14-4-2-1-3-5-14/h1-9,11H,10,12-13H2. The summed E-state index contributed by atoms with van der Waals surface area (Å²) in [6, 6.07) is 11.7. The summed E-state index contributed by atoms with van der Waals surface area (Å²) in [4.78, 5) is 8.39. The Hall–Kier alpha value is -2.78. The minimum atomic E-state index is -3.49. The van der Waals surface area contributed by atoms with E-state index in [0.717, 1.165) is 11.1 Å². The third-order valence-electron chi connectivity index (χ3n) is 3.93. The molecule has 0 N–H and O–H groups in total. The van der Waals surface area contributed by atoms with Crippen molar-refractivity contribution < 1.29 is 12.9 Å². The first-order valence-corrected chi connectivity index (χ1v) is 10.9. The van der Waals surface area contributed by atoms with Gasteiger partial charge in [-0.3, -0.25) is 0 Å². The van der Waals surface area contributed by atoms with Gasteiger partial charge in [-0.1, -0.05) is 35.5 Å². The van der Waals surface area contributed by atoms with Gasteiger partial charge in [0.2, 0.25) is 0 Å². The lowest BCUT2D eigenvalue weighted by Gasteiger charge is -2.08. The molecule has 4 rings (SSSR count). The van der Waals surface area contributed by atoms with Crippen LogP contribution in [0.2, 0.25) is 0 Å². The molecule has 138 valence electrons. The maximum atomic E-state index is 12.6. The smallest absolute Gasteiger partial charge is 0.258 e. The van der Waals surface area contributed by atoms with E-state index in [2.05, 4.69) is 15.1 Å². The Balaban J connectivity index is 1.47. The van der Waals surface area contributed by atoms with E-state index in [1.165, 1.54) is 11.3 Å². The van der Waals surface area contributed by atoms with Crippen molar-refractivity contribution in [3.05, 3.63) is 76.8 Å². The average molecular weight is 400 g/mol. The molecule has 0 atom stereocenters. The molecule has 0 bridgehead atoms. The molecular formula is C18H16N4O3S2. The van der Waals surface area contributed by atoms with E-state index in [1.807, 2.05) is 51.7 Å². The fraction of sp³-hybridized carbons (Fsp3) is 0.167. The van der Waals surface area contributed by atoms with Crippen LogP contribution >= 0.6 is 11.3 Å². The Bertz CT molecular complexity index is 1120. The Morgan fingerprint density at radius 2 is 1.96 bits per heavy atom. The average Bonchev–Trinajstić information content (AvgIpc) is 3.38. The number of hydrogen-bond acceptors (Lipinski definition) is 7. The maximum Gasteiger partial charge on any atom is 0.258 e. The first-order valence-electron chi connectivity index (χ1n) is 8.18. The van der Waals surface area contributed by atoms with E-state index >= 15 is 0 Å². The van der Waals surface area contributed by atoms with Gasteiger partial charge in [-0.2, -0.15) is 16.3 Å². The number of aromatic nitrogens is 4. The van der Waals surface area contributed by atoms with E-state index in [1.54, 1.807) is 12.4 Å². The van der Waals surface area contributed by atoms with Crippen LogP contribution in [0.4, 0.5) is 0 Å². The Labute approximate surface area is 160 Å². The predicted molar refractivity (Wildman–Crippen MR) is 102 cm³/mol. The number of rotatable bonds is 7. The molecule has 0 fully saturated rings. The molecule has 4 aromatic rings. The van der Waals surface area contributed by atoms with E-state index in [9.17, 15) is 8.42 Å². The van der Waals surface area contributed by atoms with Crippen molar-refractivity contribution >= 4 is 21.2 Å². The summed E-state index contributed by atoms with van der Waals surface area (Å²) in [7, 11) is -3.49. The number of nitrogens with zero attached hydrogens (tertiary/aromatic N) is 4. The number of hydrogen-bond donors (Lipinski definition) is 0. The highest BCUT2D eigenvalue weighted by Gasteiger charge is 2.20. The number of thiophene rings is 1. The minimum absolute atomic E-state index is 0.150. The molecule has 0 aliphatic heterocycles. The number of sulfone groups is 1. The van der Waals surface area contributed by atoms with Crippen molar-refractivity contribution in [2.45, 2.75) is 18.1 Å². The molecular weight excluding hydrogens is 384 g/mol. The second-order valence-corrected chi connectivity index (χ2v) is 8.86.